The van der Waals surface area contributed by atoms with Gasteiger partial charge in [-0.2, -0.15) is 0 Å². The van der Waals surface area contributed by atoms with E-state index < -0.39 is 0 Å². The first-order valence-corrected chi connectivity index (χ1v) is 10.9. The van der Waals surface area contributed by atoms with Crippen LogP contribution in [0.15, 0.2) is 30.3 Å². The van der Waals surface area contributed by atoms with E-state index in [1.807, 2.05) is 7.05 Å². The number of anilines is 1. The minimum absolute atomic E-state index is 0.156. The van der Waals surface area contributed by atoms with Gasteiger partial charge in [0.1, 0.15) is 11.6 Å². The minimum atomic E-state index is 0.156. The number of piperidine rings is 1. The first-order chi connectivity index (χ1) is 14.0. The minimum Gasteiger partial charge on any atom is -0.303 e. The second kappa shape index (κ2) is 8.62. The molecule has 0 aliphatic carbocycles. The Kier molecular flexibility index (Phi) is 5.95. The number of benzene rings is 1. The first kappa shape index (κ1) is 20.0. The molecule has 1 aromatic heterocycles. The number of aromatic nitrogens is 2. The van der Waals surface area contributed by atoms with Crippen LogP contribution in [0.4, 0.5) is 5.82 Å². The van der Waals surface area contributed by atoms with Crippen LogP contribution in [-0.4, -0.2) is 47.5 Å². The van der Waals surface area contributed by atoms with Crippen LogP contribution in [0.3, 0.4) is 0 Å². The lowest BCUT2D eigenvalue weighted by molar-refractivity contribution is -0.118. The van der Waals surface area contributed by atoms with E-state index >= 15 is 0 Å². The van der Waals surface area contributed by atoms with E-state index in [0.717, 1.165) is 61.8 Å². The van der Waals surface area contributed by atoms with Crippen LogP contribution in [0, 0.1) is 6.92 Å². The van der Waals surface area contributed by atoms with Crippen LogP contribution < -0.4 is 4.90 Å². The first-order valence-electron chi connectivity index (χ1n) is 10.9. The molecular weight excluding hydrogens is 360 g/mol. The normalized spacial score (nSPS) is 19.3. The van der Waals surface area contributed by atoms with Crippen LogP contribution in [0.1, 0.15) is 67.1 Å². The van der Waals surface area contributed by atoms with Crippen LogP contribution in [0.2, 0.25) is 0 Å². The van der Waals surface area contributed by atoms with Gasteiger partial charge in [-0.15, -0.1) is 0 Å². The quantitative estimate of drug-likeness (QED) is 0.770. The number of hydrogen-bond donors (Lipinski definition) is 0. The van der Waals surface area contributed by atoms with E-state index in [4.69, 9.17) is 9.97 Å². The Morgan fingerprint density at radius 1 is 1.10 bits per heavy atom. The van der Waals surface area contributed by atoms with Crippen molar-refractivity contribution in [1.29, 1.82) is 0 Å². The summed E-state index contributed by atoms with van der Waals surface area (Å²) in [7, 11) is 1.84. The zero-order valence-electron chi connectivity index (χ0n) is 17.9. The summed E-state index contributed by atoms with van der Waals surface area (Å²) in [6, 6.07) is 10.8. The predicted molar refractivity (Wildman–Crippen MR) is 116 cm³/mol. The highest BCUT2D eigenvalue weighted by atomic mass is 16.2. The van der Waals surface area contributed by atoms with Crippen LogP contribution >= 0.6 is 0 Å². The molecule has 0 spiro atoms. The van der Waals surface area contributed by atoms with Gasteiger partial charge in [0.15, 0.2) is 0 Å². The highest BCUT2D eigenvalue weighted by Crippen LogP contribution is 2.32. The maximum Gasteiger partial charge on any atom is 0.228 e. The van der Waals surface area contributed by atoms with Gasteiger partial charge in [0.25, 0.3) is 0 Å². The number of hydrogen-bond acceptors (Lipinski definition) is 4. The molecule has 1 amide bonds. The van der Waals surface area contributed by atoms with Crippen molar-refractivity contribution in [3.05, 3.63) is 53.0 Å². The number of aryl methyl sites for hydroxylation is 1. The number of fused-ring (bicyclic) bond motifs is 1. The Morgan fingerprint density at radius 3 is 2.55 bits per heavy atom. The molecular formula is C24H32N4O. The van der Waals surface area contributed by atoms with Gasteiger partial charge in [-0.25, -0.2) is 9.97 Å². The summed E-state index contributed by atoms with van der Waals surface area (Å²) in [5.74, 6) is 2.91. The molecule has 0 N–H and O–H groups in total. The molecule has 29 heavy (non-hydrogen) atoms. The zero-order chi connectivity index (χ0) is 20.4. The van der Waals surface area contributed by atoms with Crippen molar-refractivity contribution in [3.8, 4) is 0 Å². The monoisotopic (exact) mass is 392 g/mol. The van der Waals surface area contributed by atoms with Crippen molar-refractivity contribution in [1.82, 2.24) is 14.9 Å². The summed E-state index contributed by atoms with van der Waals surface area (Å²) in [4.78, 5) is 26.1. The fourth-order valence-corrected chi connectivity index (χ4v) is 4.61. The lowest BCUT2D eigenvalue weighted by Gasteiger charge is -2.33. The highest BCUT2D eigenvalue weighted by molar-refractivity contribution is 5.94. The largest absolute Gasteiger partial charge is 0.303 e. The van der Waals surface area contributed by atoms with Gasteiger partial charge in [-0.05, 0) is 63.7 Å². The fourth-order valence-electron chi connectivity index (χ4n) is 4.61. The third-order valence-corrected chi connectivity index (χ3v) is 6.69. The van der Waals surface area contributed by atoms with Crippen LogP contribution in [0.25, 0.3) is 0 Å². The molecule has 154 valence electrons. The van der Waals surface area contributed by atoms with Crippen molar-refractivity contribution >= 4 is 11.7 Å². The second-order valence-corrected chi connectivity index (χ2v) is 8.64. The molecule has 3 heterocycles. The van der Waals surface area contributed by atoms with E-state index in [2.05, 4.69) is 49.1 Å². The number of carbonyl (C=O) groups excluding carboxylic acids is 1. The molecule has 1 unspecified atom stereocenters. The number of carbonyl (C=O) groups is 1. The van der Waals surface area contributed by atoms with Gasteiger partial charge in [0.2, 0.25) is 5.91 Å². The van der Waals surface area contributed by atoms with Gasteiger partial charge in [0.05, 0.1) is 0 Å². The van der Waals surface area contributed by atoms with E-state index in [9.17, 15) is 4.79 Å². The molecule has 5 heteroatoms. The molecule has 5 nitrogen and oxygen atoms in total. The SMILES string of the molecule is Cc1nc(C2CCN(CCC(C)c3ccccc3)CC2)nc2c1CCC(=O)N2C. The second-order valence-electron chi connectivity index (χ2n) is 8.64. The summed E-state index contributed by atoms with van der Waals surface area (Å²) < 4.78 is 0. The number of amides is 1. The highest BCUT2D eigenvalue weighted by Gasteiger charge is 2.28. The summed E-state index contributed by atoms with van der Waals surface area (Å²) in [5, 5.41) is 0. The van der Waals surface area contributed by atoms with Gasteiger partial charge < -0.3 is 4.90 Å². The van der Waals surface area contributed by atoms with Gasteiger partial charge in [0, 0.05) is 30.6 Å². The van der Waals surface area contributed by atoms with Crippen molar-refractivity contribution in [2.24, 2.45) is 0 Å². The maximum absolute atomic E-state index is 12.1. The maximum atomic E-state index is 12.1. The lowest BCUT2D eigenvalue weighted by atomic mass is 9.93. The Hall–Kier alpha value is -2.27. The standard InChI is InChI=1S/C24H32N4O/c1-17(19-7-5-4-6-8-19)11-14-28-15-12-20(13-16-28)23-25-18(2)21-9-10-22(29)27(3)24(21)26-23/h4-8,17,20H,9-16H2,1-3H3. The summed E-state index contributed by atoms with van der Waals surface area (Å²) in [6.07, 6.45) is 4.71. The van der Waals surface area contributed by atoms with Crippen molar-refractivity contribution < 1.29 is 4.79 Å². The molecule has 2 aliphatic heterocycles. The van der Waals surface area contributed by atoms with E-state index in [0.29, 0.717) is 18.3 Å². The number of likely N-dealkylation sites (tertiary alicyclic amines) is 1. The molecule has 0 saturated carbocycles. The molecule has 0 bridgehead atoms. The molecule has 1 atom stereocenters. The fraction of sp³-hybridized carbons (Fsp3) is 0.542. The number of nitrogens with zero attached hydrogens (tertiary/aromatic N) is 4. The van der Waals surface area contributed by atoms with Crippen molar-refractivity contribution in [2.75, 3.05) is 31.6 Å². The molecule has 1 aromatic carbocycles. The number of rotatable bonds is 5. The third-order valence-electron chi connectivity index (χ3n) is 6.69. The van der Waals surface area contributed by atoms with Crippen molar-refractivity contribution in [3.63, 3.8) is 0 Å². The third kappa shape index (κ3) is 4.35. The average molecular weight is 393 g/mol. The van der Waals surface area contributed by atoms with Gasteiger partial charge in [-0.1, -0.05) is 37.3 Å². The van der Waals surface area contributed by atoms with E-state index in [1.54, 1.807) is 4.90 Å². The van der Waals surface area contributed by atoms with Crippen LogP contribution in [-0.2, 0) is 11.2 Å². The summed E-state index contributed by atoms with van der Waals surface area (Å²) in [5.41, 5.74) is 3.62. The van der Waals surface area contributed by atoms with E-state index in [1.165, 1.54) is 12.0 Å². The predicted octanol–water partition coefficient (Wildman–Crippen LogP) is 4.07. The molecule has 1 fully saturated rings. The van der Waals surface area contributed by atoms with Gasteiger partial charge >= 0.3 is 0 Å². The van der Waals surface area contributed by atoms with Crippen molar-refractivity contribution in [2.45, 2.75) is 57.8 Å². The molecule has 2 aromatic rings. The molecule has 4 rings (SSSR count). The smallest absolute Gasteiger partial charge is 0.228 e. The van der Waals surface area contributed by atoms with Crippen LogP contribution in [0.5, 0.6) is 0 Å². The zero-order valence-corrected chi connectivity index (χ0v) is 17.9. The summed E-state index contributed by atoms with van der Waals surface area (Å²) in [6.45, 7) is 7.72. The van der Waals surface area contributed by atoms with Gasteiger partial charge in [-0.3, -0.25) is 9.69 Å². The molecule has 0 radical (unpaired) electrons. The average Bonchev–Trinajstić information content (AvgIpc) is 2.75. The topological polar surface area (TPSA) is 49.3 Å². The Labute approximate surface area is 174 Å². The van der Waals surface area contributed by atoms with E-state index in [-0.39, 0.29) is 5.91 Å². The Morgan fingerprint density at radius 2 is 1.83 bits per heavy atom. The molecule has 2 aliphatic rings. The lowest BCUT2D eigenvalue weighted by Crippen LogP contribution is -2.36. The summed E-state index contributed by atoms with van der Waals surface area (Å²) >= 11 is 0. The Balaban J connectivity index is 1.35. The molecule has 1 saturated heterocycles. The Bertz CT molecular complexity index is 859.